The Kier molecular flexibility index (Phi) is 5.44. The van der Waals surface area contributed by atoms with Crippen LogP contribution in [0.5, 0.6) is 5.75 Å². The highest BCUT2D eigenvalue weighted by atomic mass is 32.1. The van der Waals surface area contributed by atoms with Crippen LogP contribution in [0.1, 0.15) is 41.3 Å². The average Bonchev–Trinajstić information content (AvgIpc) is 3.14. The number of amides is 1. The van der Waals surface area contributed by atoms with E-state index in [4.69, 9.17) is 4.74 Å². The zero-order chi connectivity index (χ0) is 19.5. The number of rotatable bonds is 5. The molecule has 2 heterocycles. The standard InChI is InChI=1S/C23H24N2O2S/c1-15(2)17-9-7-16(8-10-17)11-20-13-24-23(28-20)25-22(26)19-12-18-5-3-4-6-21(18)27-14-19/h3-10,13,15,19H,11-12,14H2,1-2H3,(H,24,25,26)/t19-/m1/s1. The van der Waals surface area contributed by atoms with E-state index in [9.17, 15) is 4.79 Å². The number of benzene rings is 2. The number of carbonyl (C=O) groups is 1. The number of fused-ring (bicyclic) bond motifs is 1. The van der Waals surface area contributed by atoms with Gasteiger partial charge in [-0.3, -0.25) is 4.79 Å². The van der Waals surface area contributed by atoms with Gasteiger partial charge in [0.05, 0.1) is 5.92 Å². The molecular formula is C23H24N2O2S. The Morgan fingerprint density at radius 1 is 1.21 bits per heavy atom. The van der Waals surface area contributed by atoms with Crippen LogP contribution in [0, 0.1) is 5.92 Å². The number of thiazole rings is 1. The Hall–Kier alpha value is -2.66. The fraction of sp³-hybridized carbons (Fsp3) is 0.304. The zero-order valence-electron chi connectivity index (χ0n) is 16.1. The molecule has 144 valence electrons. The molecule has 2 aromatic carbocycles. The summed E-state index contributed by atoms with van der Waals surface area (Å²) in [7, 11) is 0. The van der Waals surface area contributed by atoms with Gasteiger partial charge in [-0.1, -0.05) is 56.3 Å². The lowest BCUT2D eigenvalue weighted by Crippen LogP contribution is -2.32. The van der Waals surface area contributed by atoms with Gasteiger partial charge in [0, 0.05) is 17.5 Å². The van der Waals surface area contributed by atoms with Crippen molar-refractivity contribution in [3.05, 3.63) is 76.3 Å². The van der Waals surface area contributed by atoms with Crippen LogP contribution in [0.2, 0.25) is 0 Å². The summed E-state index contributed by atoms with van der Waals surface area (Å²) in [6.45, 7) is 4.80. The Labute approximate surface area is 169 Å². The van der Waals surface area contributed by atoms with Gasteiger partial charge in [0.1, 0.15) is 12.4 Å². The maximum absolute atomic E-state index is 12.6. The summed E-state index contributed by atoms with van der Waals surface area (Å²) in [6.07, 6.45) is 3.37. The molecule has 4 rings (SSSR count). The van der Waals surface area contributed by atoms with E-state index in [1.165, 1.54) is 22.5 Å². The van der Waals surface area contributed by atoms with E-state index in [1.807, 2.05) is 30.5 Å². The van der Waals surface area contributed by atoms with Crippen molar-refractivity contribution in [3.8, 4) is 5.75 Å². The number of ether oxygens (including phenoxy) is 1. The molecule has 1 atom stereocenters. The summed E-state index contributed by atoms with van der Waals surface area (Å²) in [4.78, 5) is 18.1. The molecular weight excluding hydrogens is 368 g/mol. The highest BCUT2D eigenvalue weighted by Gasteiger charge is 2.26. The van der Waals surface area contributed by atoms with E-state index in [0.29, 0.717) is 24.1 Å². The highest BCUT2D eigenvalue weighted by Crippen LogP contribution is 2.28. The largest absolute Gasteiger partial charge is 0.492 e. The van der Waals surface area contributed by atoms with Gasteiger partial charge < -0.3 is 10.1 Å². The molecule has 0 bridgehead atoms. The van der Waals surface area contributed by atoms with Crippen molar-refractivity contribution in [3.63, 3.8) is 0 Å². The first-order valence-electron chi connectivity index (χ1n) is 9.63. The lowest BCUT2D eigenvalue weighted by atomic mass is 9.96. The Morgan fingerprint density at radius 3 is 2.79 bits per heavy atom. The van der Waals surface area contributed by atoms with Gasteiger partial charge >= 0.3 is 0 Å². The number of hydrogen-bond acceptors (Lipinski definition) is 4. The number of aromatic nitrogens is 1. The molecule has 1 N–H and O–H groups in total. The maximum atomic E-state index is 12.6. The molecule has 28 heavy (non-hydrogen) atoms. The SMILES string of the molecule is CC(C)c1ccc(Cc2cnc(NC(=O)[C@H]3COc4ccccc4C3)s2)cc1. The average molecular weight is 393 g/mol. The molecule has 1 aromatic heterocycles. The predicted molar refractivity (Wildman–Crippen MR) is 113 cm³/mol. The van der Waals surface area contributed by atoms with Crippen LogP contribution in [0.25, 0.3) is 0 Å². The topological polar surface area (TPSA) is 51.2 Å². The Morgan fingerprint density at radius 2 is 2.00 bits per heavy atom. The maximum Gasteiger partial charge on any atom is 0.233 e. The minimum absolute atomic E-state index is 0.0308. The van der Waals surface area contributed by atoms with Crippen LogP contribution in [-0.4, -0.2) is 17.5 Å². The predicted octanol–water partition coefficient (Wildman–Crippen LogP) is 5.05. The number of nitrogens with one attached hydrogen (secondary N) is 1. The van der Waals surface area contributed by atoms with E-state index in [2.05, 4.69) is 48.4 Å². The number of anilines is 1. The van der Waals surface area contributed by atoms with Gasteiger partial charge in [0.25, 0.3) is 0 Å². The summed E-state index contributed by atoms with van der Waals surface area (Å²) in [5, 5.41) is 3.61. The van der Waals surface area contributed by atoms with Crippen LogP contribution >= 0.6 is 11.3 Å². The van der Waals surface area contributed by atoms with E-state index in [0.717, 1.165) is 22.6 Å². The van der Waals surface area contributed by atoms with Crippen molar-refractivity contribution in [2.24, 2.45) is 5.92 Å². The summed E-state index contributed by atoms with van der Waals surface area (Å²) < 4.78 is 5.73. The van der Waals surface area contributed by atoms with Crippen LogP contribution < -0.4 is 10.1 Å². The number of hydrogen-bond donors (Lipinski definition) is 1. The van der Waals surface area contributed by atoms with Crippen molar-refractivity contribution >= 4 is 22.4 Å². The van der Waals surface area contributed by atoms with E-state index < -0.39 is 0 Å². The Bertz CT molecular complexity index is 963. The summed E-state index contributed by atoms with van der Waals surface area (Å²) in [6, 6.07) is 16.6. The van der Waals surface area contributed by atoms with Gasteiger partial charge in [-0.25, -0.2) is 4.98 Å². The lowest BCUT2D eigenvalue weighted by molar-refractivity contribution is -0.121. The second-order valence-corrected chi connectivity index (χ2v) is 8.63. The third-order valence-electron chi connectivity index (χ3n) is 5.06. The van der Waals surface area contributed by atoms with Gasteiger partial charge in [-0.2, -0.15) is 0 Å². The summed E-state index contributed by atoms with van der Waals surface area (Å²) in [5.74, 6) is 1.20. The van der Waals surface area contributed by atoms with Gasteiger partial charge in [-0.15, -0.1) is 11.3 Å². The van der Waals surface area contributed by atoms with Crippen molar-refractivity contribution in [2.45, 2.75) is 32.6 Å². The molecule has 5 heteroatoms. The first-order valence-corrected chi connectivity index (χ1v) is 10.5. The minimum atomic E-state index is -0.189. The third kappa shape index (κ3) is 4.25. The van der Waals surface area contributed by atoms with Crippen molar-refractivity contribution in [2.75, 3.05) is 11.9 Å². The second kappa shape index (κ2) is 8.15. The normalized spacial score (nSPS) is 15.8. The fourth-order valence-corrected chi connectivity index (χ4v) is 4.22. The second-order valence-electron chi connectivity index (χ2n) is 7.51. The van der Waals surface area contributed by atoms with E-state index in [-0.39, 0.29) is 11.8 Å². The molecule has 1 aliphatic heterocycles. The molecule has 1 amide bonds. The monoisotopic (exact) mass is 392 g/mol. The molecule has 0 aliphatic carbocycles. The molecule has 0 radical (unpaired) electrons. The van der Waals surface area contributed by atoms with Crippen LogP contribution in [0.3, 0.4) is 0 Å². The fourth-order valence-electron chi connectivity index (χ4n) is 3.37. The molecule has 4 nitrogen and oxygen atoms in total. The van der Waals surface area contributed by atoms with Gasteiger partial charge in [0.2, 0.25) is 5.91 Å². The van der Waals surface area contributed by atoms with Crippen LogP contribution in [0.4, 0.5) is 5.13 Å². The quantitative estimate of drug-likeness (QED) is 0.661. The summed E-state index contributed by atoms with van der Waals surface area (Å²) >= 11 is 1.53. The number of carbonyl (C=O) groups excluding carboxylic acids is 1. The minimum Gasteiger partial charge on any atom is -0.492 e. The molecule has 0 saturated carbocycles. The van der Waals surface area contributed by atoms with Crippen LogP contribution in [0.15, 0.2) is 54.7 Å². The van der Waals surface area contributed by atoms with E-state index in [1.54, 1.807) is 0 Å². The Balaban J connectivity index is 1.36. The molecule has 0 unspecified atom stereocenters. The summed E-state index contributed by atoms with van der Waals surface area (Å²) in [5.41, 5.74) is 3.68. The van der Waals surface area contributed by atoms with Crippen LogP contribution in [-0.2, 0) is 17.6 Å². The zero-order valence-corrected chi connectivity index (χ0v) is 17.0. The van der Waals surface area contributed by atoms with Gasteiger partial charge in [0.15, 0.2) is 5.13 Å². The first-order chi connectivity index (χ1) is 13.6. The van der Waals surface area contributed by atoms with Gasteiger partial charge in [-0.05, 0) is 35.1 Å². The number of nitrogens with zero attached hydrogens (tertiary/aromatic N) is 1. The molecule has 0 saturated heterocycles. The third-order valence-corrected chi connectivity index (χ3v) is 5.97. The molecule has 3 aromatic rings. The van der Waals surface area contributed by atoms with Crippen molar-refractivity contribution in [1.82, 2.24) is 4.98 Å². The van der Waals surface area contributed by atoms with Crippen molar-refractivity contribution in [1.29, 1.82) is 0 Å². The smallest absolute Gasteiger partial charge is 0.233 e. The van der Waals surface area contributed by atoms with E-state index >= 15 is 0 Å². The molecule has 0 fully saturated rings. The molecule has 0 spiro atoms. The first kappa shape index (κ1) is 18.7. The molecule has 1 aliphatic rings. The lowest BCUT2D eigenvalue weighted by Gasteiger charge is -2.24. The van der Waals surface area contributed by atoms with Crippen molar-refractivity contribution < 1.29 is 9.53 Å². The number of para-hydroxylation sites is 1. The highest BCUT2D eigenvalue weighted by molar-refractivity contribution is 7.15.